The molecule has 0 bridgehead atoms. The van der Waals surface area contributed by atoms with E-state index in [1.807, 2.05) is 25.1 Å². The zero-order chi connectivity index (χ0) is 22.5. The summed E-state index contributed by atoms with van der Waals surface area (Å²) in [5.41, 5.74) is 4.90. The zero-order valence-electron chi connectivity index (χ0n) is 18.4. The van der Waals surface area contributed by atoms with Gasteiger partial charge in [0.25, 0.3) is 0 Å². The van der Waals surface area contributed by atoms with E-state index in [4.69, 9.17) is 4.98 Å². The number of hydrogen-bond donors (Lipinski definition) is 2. The van der Waals surface area contributed by atoms with Crippen molar-refractivity contribution in [1.82, 2.24) is 35.0 Å². The lowest BCUT2D eigenvalue weighted by molar-refractivity contribution is 0.312. The number of anilines is 1. The molecule has 2 N–H and O–H groups in total. The number of hydrogen-bond acceptors (Lipinski definition) is 6. The predicted octanol–water partition coefficient (Wildman–Crippen LogP) is 3.76. The van der Waals surface area contributed by atoms with Gasteiger partial charge in [0, 0.05) is 55.9 Å². The quantitative estimate of drug-likeness (QED) is 0.442. The lowest BCUT2D eigenvalue weighted by Crippen LogP contribution is -2.44. The van der Waals surface area contributed by atoms with Crippen molar-refractivity contribution in [3.05, 3.63) is 54.2 Å². The summed E-state index contributed by atoms with van der Waals surface area (Å²) in [6, 6.07) is 7.37. The van der Waals surface area contributed by atoms with E-state index >= 15 is 4.39 Å². The van der Waals surface area contributed by atoms with Crippen LogP contribution in [-0.2, 0) is 0 Å². The van der Waals surface area contributed by atoms with Crippen molar-refractivity contribution in [2.45, 2.75) is 6.92 Å². The van der Waals surface area contributed by atoms with E-state index in [9.17, 15) is 0 Å². The standard InChI is InChI=1S/C24H23FN8/c1-14-5-7-26-13-16(14)15-3-4-17-19(20(15)25)22(31-30-17)23-28-18-6-8-27-24(21(18)29-23)33-11-9-32(2)10-12-33/h3-8,13H,9-12H2,1-2H3,(H,28,29)(H,30,31). The number of halogens is 1. The Hall–Kier alpha value is -3.85. The molecule has 4 aromatic heterocycles. The molecule has 0 radical (unpaired) electrons. The third kappa shape index (κ3) is 3.23. The molecule has 1 aromatic carbocycles. The maximum Gasteiger partial charge on any atom is 0.159 e. The number of piperazine rings is 1. The smallest absolute Gasteiger partial charge is 0.159 e. The van der Waals surface area contributed by atoms with Crippen LogP contribution in [0.1, 0.15) is 5.56 Å². The van der Waals surface area contributed by atoms with Crippen molar-refractivity contribution in [2.75, 3.05) is 38.1 Å². The van der Waals surface area contributed by atoms with Gasteiger partial charge in [0.1, 0.15) is 17.0 Å². The lowest BCUT2D eigenvalue weighted by Gasteiger charge is -2.33. The molecule has 33 heavy (non-hydrogen) atoms. The Labute approximate surface area is 189 Å². The third-order valence-electron chi connectivity index (χ3n) is 6.40. The van der Waals surface area contributed by atoms with Gasteiger partial charge in [-0.05, 0) is 43.8 Å². The number of nitrogens with one attached hydrogen (secondary N) is 2. The first-order valence-electron chi connectivity index (χ1n) is 11.0. The Kier molecular flexibility index (Phi) is 4.58. The van der Waals surface area contributed by atoms with E-state index in [0.717, 1.165) is 54.2 Å². The fourth-order valence-electron chi connectivity index (χ4n) is 4.48. The molecular formula is C24H23FN8. The number of nitrogens with zero attached hydrogens (tertiary/aromatic N) is 6. The summed E-state index contributed by atoms with van der Waals surface area (Å²) in [4.78, 5) is 21.5. The normalized spacial score (nSPS) is 15.1. The van der Waals surface area contributed by atoms with Crippen LogP contribution < -0.4 is 4.90 Å². The molecule has 0 aliphatic carbocycles. The molecule has 166 valence electrons. The highest BCUT2D eigenvalue weighted by atomic mass is 19.1. The van der Waals surface area contributed by atoms with E-state index in [2.05, 4.69) is 42.0 Å². The number of aromatic nitrogens is 6. The number of aromatic amines is 2. The number of pyridine rings is 2. The van der Waals surface area contributed by atoms with Gasteiger partial charge in [0.15, 0.2) is 11.6 Å². The number of benzene rings is 1. The molecule has 0 saturated carbocycles. The largest absolute Gasteiger partial charge is 0.352 e. The monoisotopic (exact) mass is 442 g/mol. The Bertz CT molecular complexity index is 1480. The van der Waals surface area contributed by atoms with Crippen LogP contribution in [0, 0.1) is 12.7 Å². The number of fused-ring (bicyclic) bond motifs is 2. The first-order chi connectivity index (χ1) is 16.1. The maximum atomic E-state index is 15.8. The Morgan fingerprint density at radius 2 is 1.82 bits per heavy atom. The molecule has 1 fully saturated rings. The van der Waals surface area contributed by atoms with Crippen LogP contribution in [0.3, 0.4) is 0 Å². The zero-order valence-corrected chi connectivity index (χ0v) is 18.4. The Balaban J connectivity index is 1.48. The van der Waals surface area contributed by atoms with Crippen LogP contribution in [0.5, 0.6) is 0 Å². The van der Waals surface area contributed by atoms with Crippen molar-refractivity contribution in [3.63, 3.8) is 0 Å². The molecular weight excluding hydrogens is 419 g/mol. The van der Waals surface area contributed by atoms with Crippen molar-refractivity contribution in [1.29, 1.82) is 0 Å². The predicted molar refractivity (Wildman–Crippen MR) is 127 cm³/mol. The number of rotatable bonds is 3. The summed E-state index contributed by atoms with van der Waals surface area (Å²) < 4.78 is 15.8. The highest BCUT2D eigenvalue weighted by Gasteiger charge is 2.23. The number of aryl methyl sites for hydroxylation is 1. The van der Waals surface area contributed by atoms with Gasteiger partial charge in [-0.15, -0.1) is 0 Å². The molecule has 5 heterocycles. The summed E-state index contributed by atoms with van der Waals surface area (Å²) in [5.74, 6) is 1.01. The van der Waals surface area contributed by atoms with Gasteiger partial charge < -0.3 is 14.8 Å². The van der Waals surface area contributed by atoms with E-state index in [0.29, 0.717) is 28.0 Å². The van der Waals surface area contributed by atoms with Crippen molar-refractivity contribution in [3.8, 4) is 22.6 Å². The molecule has 1 aliphatic rings. The first kappa shape index (κ1) is 19.8. The Morgan fingerprint density at radius 1 is 0.970 bits per heavy atom. The molecule has 0 amide bonds. The van der Waals surface area contributed by atoms with Crippen LogP contribution in [-0.4, -0.2) is 68.3 Å². The van der Waals surface area contributed by atoms with E-state index in [1.165, 1.54) is 0 Å². The average molecular weight is 443 g/mol. The van der Waals surface area contributed by atoms with E-state index in [1.54, 1.807) is 24.7 Å². The van der Waals surface area contributed by atoms with Gasteiger partial charge in [-0.2, -0.15) is 5.10 Å². The maximum absolute atomic E-state index is 15.8. The van der Waals surface area contributed by atoms with Gasteiger partial charge in [-0.1, -0.05) is 0 Å². The number of imidazole rings is 1. The van der Waals surface area contributed by atoms with Gasteiger partial charge >= 0.3 is 0 Å². The van der Waals surface area contributed by atoms with Gasteiger partial charge in [0.2, 0.25) is 0 Å². The fourth-order valence-corrected chi connectivity index (χ4v) is 4.48. The molecule has 5 aromatic rings. The summed E-state index contributed by atoms with van der Waals surface area (Å²) in [7, 11) is 2.12. The summed E-state index contributed by atoms with van der Waals surface area (Å²) in [6.45, 7) is 5.67. The third-order valence-corrected chi connectivity index (χ3v) is 6.40. The number of likely N-dealkylation sites (N-methyl/N-ethyl adjacent to an activating group) is 1. The van der Waals surface area contributed by atoms with Crippen LogP contribution >= 0.6 is 0 Å². The molecule has 6 rings (SSSR count). The second-order valence-corrected chi connectivity index (χ2v) is 8.52. The second kappa shape index (κ2) is 7.63. The van der Waals surface area contributed by atoms with E-state index in [-0.39, 0.29) is 5.82 Å². The first-order valence-corrected chi connectivity index (χ1v) is 11.0. The minimum absolute atomic E-state index is 0.342. The van der Waals surface area contributed by atoms with Crippen LogP contribution in [0.25, 0.3) is 44.6 Å². The minimum Gasteiger partial charge on any atom is -0.352 e. The Morgan fingerprint density at radius 3 is 2.64 bits per heavy atom. The summed E-state index contributed by atoms with van der Waals surface area (Å²) in [5, 5.41) is 7.77. The molecule has 9 heteroatoms. The molecule has 0 unspecified atom stereocenters. The highest BCUT2D eigenvalue weighted by molar-refractivity contribution is 5.97. The summed E-state index contributed by atoms with van der Waals surface area (Å²) in [6.07, 6.45) is 5.18. The van der Waals surface area contributed by atoms with Crippen LogP contribution in [0.15, 0.2) is 42.9 Å². The molecule has 8 nitrogen and oxygen atoms in total. The van der Waals surface area contributed by atoms with Crippen LogP contribution in [0.4, 0.5) is 10.2 Å². The van der Waals surface area contributed by atoms with E-state index < -0.39 is 0 Å². The minimum atomic E-state index is -0.342. The molecule has 1 aliphatic heterocycles. The molecule has 0 spiro atoms. The molecule has 0 atom stereocenters. The van der Waals surface area contributed by atoms with Gasteiger partial charge in [0.05, 0.1) is 16.4 Å². The average Bonchev–Trinajstić information content (AvgIpc) is 3.45. The number of H-pyrrole nitrogens is 2. The SMILES string of the molecule is Cc1ccncc1-c1ccc2[nH]nc(-c3nc4c(N5CCN(C)CC5)nccc4[nH]3)c2c1F. The highest BCUT2D eigenvalue weighted by Crippen LogP contribution is 2.35. The topological polar surface area (TPSA) is 89.6 Å². The molecule has 1 saturated heterocycles. The van der Waals surface area contributed by atoms with Crippen molar-refractivity contribution in [2.24, 2.45) is 0 Å². The lowest BCUT2D eigenvalue weighted by atomic mass is 10.00. The van der Waals surface area contributed by atoms with Gasteiger partial charge in [-0.25, -0.2) is 14.4 Å². The van der Waals surface area contributed by atoms with Gasteiger partial charge in [-0.3, -0.25) is 10.1 Å². The second-order valence-electron chi connectivity index (χ2n) is 8.52. The summed E-state index contributed by atoms with van der Waals surface area (Å²) >= 11 is 0. The van der Waals surface area contributed by atoms with Crippen molar-refractivity contribution < 1.29 is 4.39 Å². The fraction of sp³-hybridized carbons (Fsp3) is 0.250. The van der Waals surface area contributed by atoms with Crippen LogP contribution in [0.2, 0.25) is 0 Å². The van der Waals surface area contributed by atoms with Crippen molar-refractivity contribution >= 4 is 27.8 Å².